The van der Waals surface area contributed by atoms with Crippen molar-refractivity contribution in [3.8, 4) is 0 Å². The second-order valence-corrected chi connectivity index (χ2v) is 7.94. The summed E-state index contributed by atoms with van der Waals surface area (Å²) in [4.78, 5) is 0. The van der Waals surface area contributed by atoms with E-state index in [2.05, 4.69) is 0 Å². The lowest BCUT2D eigenvalue weighted by Crippen LogP contribution is -1.97. The molecule has 0 heterocycles. The highest BCUT2D eigenvalue weighted by Crippen LogP contribution is 2.14. The molecule has 2 nitrogen and oxygen atoms in total. The van der Waals surface area contributed by atoms with Crippen molar-refractivity contribution >= 4 is 0 Å². The number of rotatable bonds is 22. The van der Waals surface area contributed by atoms with Gasteiger partial charge < -0.3 is 10.8 Å². The maximum absolute atomic E-state index is 8.72. The van der Waals surface area contributed by atoms with E-state index in [1.165, 1.54) is 128 Å². The molecule has 0 aromatic rings. The molecule has 0 saturated heterocycles. The summed E-state index contributed by atoms with van der Waals surface area (Å²) in [7, 11) is 0. The maximum atomic E-state index is 8.72. The summed E-state index contributed by atoms with van der Waals surface area (Å²) in [5.41, 5.74) is 5.51. The van der Waals surface area contributed by atoms with Crippen molar-refractivity contribution < 1.29 is 5.11 Å². The molecule has 0 aromatic carbocycles. The second-order valence-electron chi connectivity index (χ2n) is 7.94. The molecule has 0 radical (unpaired) electrons. The van der Waals surface area contributed by atoms with Crippen molar-refractivity contribution in [2.75, 3.05) is 13.2 Å². The Hall–Kier alpha value is -0.0800. The van der Waals surface area contributed by atoms with Crippen molar-refractivity contribution in [1.29, 1.82) is 0 Å². The van der Waals surface area contributed by atoms with E-state index in [0.29, 0.717) is 6.61 Å². The molecule has 0 bridgehead atoms. The van der Waals surface area contributed by atoms with Crippen molar-refractivity contribution in [3.05, 3.63) is 0 Å². The van der Waals surface area contributed by atoms with Crippen molar-refractivity contribution in [3.63, 3.8) is 0 Å². The van der Waals surface area contributed by atoms with Crippen LogP contribution < -0.4 is 5.73 Å². The van der Waals surface area contributed by atoms with Gasteiger partial charge in [-0.25, -0.2) is 0 Å². The third kappa shape index (κ3) is 23.9. The Morgan fingerprint density at radius 1 is 0.320 bits per heavy atom. The average Bonchev–Trinajstić information content (AvgIpc) is 2.63. The molecule has 25 heavy (non-hydrogen) atoms. The Morgan fingerprint density at radius 2 is 0.520 bits per heavy atom. The highest BCUT2D eigenvalue weighted by Gasteiger charge is 1.95. The lowest BCUT2D eigenvalue weighted by atomic mass is 10.0. The molecule has 0 fully saturated rings. The van der Waals surface area contributed by atoms with E-state index in [1.807, 2.05) is 0 Å². The van der Waals surface area contributed by atoms with E-state index in [1.54, 1.807) is 0 Å². The summed E-state index contributed by atoms with van der Waals surface area (Å²) in [6.45, 7) is 1.24. The molecule has 0 aromatic heterocycles. The van der Waals surface area contributed by atoms with Crippen LogP contribution in [0, 0.1) is 0 Å². The van der Waals surface area contributed by atoms with Crippen molar-refractivity contribution in [2.24, 2.45) is 5.73 Å². The number of hydrogen-bond donors (Lipinski definition) is 2. The zero-order valence-corrected chi connectivity index (χ0v) is 17.3. The van der Waals surface area contributed by atoms with Gasteiger partial charge in [0.2, 0.25) is 0 Å². The SMILES string of the molecule is NCCCCCCCCCCCCCCCCCCCCCCCO. The molecule has 0 atom stereocenters. The summed E-state index contributed by atoms with van der Waals surface area (Å²) in [5, 5.41) is 8.72. The van der Waals surface area contributed by atoms with Crippen LogP contribution in [-0.4, -0.2) is 18.3 Å². The van der Waals surface area contributed by atoms with Crippen LogP contribution in [0.3, 0.4) is 0 Å². The fourth-order valence-electron chi connectivity index (χ4n) is 3.61. The molecule has 0 unspecified atom stereocenters. The van der Waals surface area contributed by atoms with Crippen LogP contribution in [0.1, 0.15) is 135 Å². The number of aliphatic hydroxyl groups excluding tert-OH is 1. The molecule has 3 N–H and O–H groups in total. The molecule has 0 aliphatic carbocycles. The summed E-state index contributed by atoms with van der Waals surface area (Å²) in [5.74, 6) is 0. The smallest absolute Gasteiger partial charge is 0.0431 e. The molecular formula is C23H49NO. The topological polar surface area (TPSA) is 46.2 Å². The Balaban J connectivity index is 2.94. The zero-order valence-electron chi connectivity index (χ0n) is 17.3. The minimum Gasteiger partial charge on any atom is -0.396 e. The first-order valence-corrected chi connectivity index (χ1v) is 11.7. The standard InChI is InChI=1S/C23H49NO/c24-22-20-18-16-14-12-10-8-6-4-2-1-3-5-7-9-11-13-15-17-19-21-23-25/h25H,1-24H2. The van der Waals surface area contributed by atoms with Crippen molar-refractivity contribution in [2.45, 2.75) is 135 Å². The highest BCUT2D eigenvalue weighted by atomic mass is 16.2. The van der Waals surface area contributed by atoms with E-state index in [0.717, 1.165) is 13.0 Å². The third-order valence-electron chi connectivity index (χ3n) is 5.36. The molecule has 152 valence electrons. The quantitative estimate of drug-likeness (QED) is 0.203. The Labute approximate surface area is 159 Å². The molecule has 0 saturated carbocycles. The molecule has 0 rings (SSSR count). The van der Waals surface area contributed by atoms with E-state index in [-0.39, 0.29) is 0 Å². The number of unbranched alkanes of at least 4 members (excludes halogenated alkanes) is 20. The minimum absolute atomic E-state index is 0.371. The van der Waals surface area contributed by atoms with Gasteiger partial charge in [-0.05, 0) is 19.4 Å². The maximum Gasteiger partial charge on any atom is 0.0431 e. The van der Waals surface area contributed by atoms with Gasteiger partial charge >= 0.3 is 0 Å². The number of aliphatic hydroxyl groups is 1. The van der Waals surface area contributed by atoms with Crippen LogP contribution >= 0.6 is 0 Å². The van der Waals surface area contributed by atoms with E-state index in [9.17, 15) is 0 Å². The van der Waals surface area contributed by atoms with Gasteiger partial charge in [-0.2, -0.15) is 0 Å². The van der Waals surface area contributed by atoms with E-state index >= 15 is 0 Å². The Morgan fingerprint density at radius 3 is 0.720 bits per heavy atom. The summed E-state index contributed by atoms with van der Waals surface area (Å²) in [6, 6.07) is 0. The minimum atomic E-state index is 0.371. The van der Waals surface area contributed by atoms with Gasteiger partial charge in [-0.1, -0.05) is 122 Å². The largest absolute Gasteiger partial charge is 0.396 e. The second kappa shape index (κ2) is 23.9. The lowest BCUT2D eigenvalue weighted by Gasteiger charge is -2.04. The molecule has 2 heteroatoms. The first kappa shape index (κ1) is 24.9. The summed E-state index contributed by atoms with van der Waals surface area (Å²) >= 11 is 0. The van der Waals surface area contributed by atoms with Crippen molar-refractivity contribution in [1.82, 2.24) is 0 Å². The van der Waals surface area contributed by atoms with Gasteiger partial charge in [0.1, 0.15) is 0 Å². The molecule has 0 aliphatic rings. The zero-order chi connectivity index (χ0) is 18.3. The normalized spacial score (nSPS) is 11.3. The van der Waals surface area contributed by atoms with Crippen LogP contribution in [0.4, 0.5) is 0 Å². The van der Waals surface area contributed by atoms with Gasteiger partial charge in [0.15, 0.2) is 0 Å². The molecular weight excluding hydrogens is 306 g/mol. The molecule has 0 aliphatic heterocycles. The van der Waals surface area contributed by atoms with Gasteiger partial charge in [-0.15, -0.1) is 0 Å². The van der Waals surface area contributed by atoms with Crippen LogP contribution in [-0.2, 0) is 0 Å². The summed E-state index contributed by atoms with van der Waals surface area (Å²) < 4.78 is 0. The van der Waals surface area contributed by atoms with Gasteiger partial charge in [0.05, 0.1) is 0 Å². The Bertz CT molecular complexity index is 198. The number of nitrogens with two attached hydrogens (primary N) is 1. The molecule has 0 spiro atoms. The summed E-state index contributed by atoms with van der Waals surface area (Å²) in [6.07, 6.45) is 29.0. The fraction of sp³-hybridized carbons (Fsp3) is 1.00. The van der Waals surface area contributed by atoms with Crippen LogP contribution in [0.15, 0.2) is 0 Å². The van der Waals surface area contributed by atoms with E-state index in [4.69, 9.17) is 10.8 Å². The van der Waals surface area contributed by atoms with Crippen LogP contribution in [0.5, 0.6) is 0 Å². The third-order valence-corrected chi connectivity index (χ3v) is 5.36. The lowest BCUT2D eigenvalue weighted by molar-refractivity contribution is 0.282. The van der Waals surface area contributed by atoms with Gasteiger partial charge in [-0.3, -0.25) is 0 Å². The highest BCUT2D eigenvalue weighted by molar-refractivity contribution is 4.51. The number of hydrogen-bond acceptors (Lipinski definition) is 2. The Kier molecular flexibility index (Phi) is 23.8. The van der Waals surface area contributed by atoms with Crippen LogP contribution in [0.2, 0.25) is 0 Å². The predicted octanol–water partition coefficient (Wildman–Crippen LogP) is 7.13. The van der Waals surface area contributed by atoms with Gasteiger partial charge in [0, 0.05) is 6.61 Å². The molecule has 0 amide bonds. The van der Waals surface area contributed by atoms with Crippen LogP contribution in [0.25, 0.3) is 0 Å². The average molecular weight is 356 g/mol. The van der Waals surface area contributed by atoms with Gasteiger partial charge in [0.25, 0.3) is 0 Å². The monoisotopic (exact) mass is 355 g/mol. The van der Waals surface area contributed by atoms with E-state index < -0.39 is 0 Å². The first-order chi connectivity index (χ1) is 12.4. The predicted molar refractivity (Wildman–Crippen MR) is 113 cm³/mol. The fourth-order valence-corrected chi connectivity index (χ4v) is 3.61. The first-order valence-electron chi connectivity index (χ1n) is 11.7.